The molecule has 0 atom stereocenters. The number of rotatable bonds is 4. The maximum absolute atomic E-state index is 13.1. The Bertz CT molecular complexity index is 1290. The van der Waals surface area contributed by atoms with Crippen LogP contribution in [0.5, 0.6) is 0 Å². The first kappa shape index (κ1) is 21.0. The molecule has 3 aromatic rings. The molecular formula is C25H25N5O4. The molecule has 34 heavy (non-hydrogen) atoms. The molecule has 2 aromatic heterocycles. The second-order valence-corrected chi connectivity index (χ2v) is 9.16. The number of hydrogen-bond acceptors (Lipinski definition) is 6. The Morgan fingerprint density at radius 2 is 1.82 bits per heavy atom. The van der Waals surface area contributed by atoms with Gasteiger partial charge >= 0.3 is 0 Å². The fourth-order valence-corrected chi connectivity index (χ4v) is 5.20. The second-order valence-electron chi connectivity index (χ2n) is 9.16. The van der Waals surface area contributed by atoms with Gasteiger partial charge in [-0.1, -0.05) is 6.07 Å². The number of pyridine rings is 1. The number of hydrogen-bond donors (Lipinski definition) is 1. The number of morpholine rings is 1. The molecular weight excluding hydrogens is 434 g/mol. The fourth-order valence-electron chi connectivity index (χ4n) is 5.20. The topological polar surface area (TPSA) is 96.2 Å². The van der Waals surface area contributed by atoms with Gasteiger partial charge in [0.05, 0.1) is 36.9 Å². The van der Waals surface area contributed by atoms with Crippen LogP contribution in [0.2, 0.25) is 0 Å². The van der Waals surface area contributed by atoms with Gasteiger partial charge in [0, 0.05) is 50.6 Å². The van der Waals surface area contributed by atoms with E-state index in [2.05, 4.69) is 31.7 Å². The number of carbonyl (C=O) groups excluding carboxylic acids is 3. The fraction of sp³-hybridized carbons (Fsp3) is 0.360. The van der Waals surface area contributed by atoms with Crippen molar-refractivity contribution in [2.45, 2.75) is 32.0 Å². The summed E-state index contributed by atoms with van der Waals surface area (Å²) < 4.78 is 7.53. The Kier molecular flexibility index (Phi) is 5.15. The summed E-state index contributed by atoms with van der Waals surface area (Å²) in [6, 6.07) is 9.81. The van der Waals surface area contributed by atoms with E-state index in [9.17, 15) is 14.4 Å². The van der Waals surface area contributed by atoms with E-state index in [1.54, 1.807) is 11.2 Å². The number of ether oxygens (including phenoxy) is 1. The van der Waals surface area contributed by atoms with Crippen LogP contribution in [0.4, 0.5) is 0 Å². The van der Waals surface area contributed by atoms with Crippen molar-refractivity contribution in [3.63, 3.8) is 0 Å². The molecule has 1 aromatic carbocycles. The first-order valence-corrected chi connectivity index (χ1v) is 11.6. The molecule has 0 saturated carbocycles. The second kappa shape index (κ2) is 8.34. The number of aromatic nitrogens is 2. The molecule has 3 amide bonds. The summed E-state index contributed by atoms with van der Waals surface area (Å²) in [6.45, 7) is 4.58. The van der Waals surface area contributed by atoms with Gasteiger partial charge in [-0.3, -0.25) is 29.0 Å². The Labute approximate surface area is 196 Å². The largest absolute Gasteiger partial charge is 0.379 e. The molecule has 2 fully saturated rings. The number of fused-ring (bicyclic) bond motifs is 2. The molecule has 6 rings (SSSR count). The van der Waals surface area contributed by atoms with Crippen LogP contribution < -0.4 is 5.32 Å². The van der Waals surface area contributed by atoms with E-state index in [1.165, 1.54) is 5.56 Å². The lowest BCUT2D eigenvalue weighted by Crippen LogP contribution is -2.48. The van der Waals surface area contributed by atoms with Gasteiger partial charge in [0.25, 0.3) is 5.91 Å². The molecule has 0 bridgehead atoms. The first-order chi connectivity index (χ1) is 16.5. The Morgan fingerprint density at radius 3 is 2.62 bits per heavy atom. The van der Waals surface area contributed by atoms with E-state index in [1.807, 2.05) is 24.4 Å². The van der Waals surface area contributed by atoms with Crippen LogP contribution >= 0.6 is 0 Å². The molecule has 1 N–H and O–H groups in total. The number of imide groups is 1. The van der Waals surface area contributed by atoms with Crippen molar-refractivity contribution in [3.8, 4) is 11.3 Å². The third-order valence-corrected chi connectivity index (χ3v) is 6.89. The quantitative estimate of drug-likeness (QED) is 0.596. The van der Waals surface area contributed by atoms with Gasteiger partial charge in [0.15, 0.2) is 0 Å². The molecule has 3 aliphatic heterocycles. The van der Waals surface area contributed by atoms with Crippen LogP contribution in [0.3, 0.4) is 0 Å². The van der Waals surface area contributed by atoms with E-state index in [0.717, 1.165) is 55.2 Å². The van der Waals surface area contributed by atoms with Gasteiger partial charge in [-0.2, -0.15) is 0 Å². The molecule has 0 radical (unpaired) electrons. The molecule has 9 nitrogen and oxygen atoms in total. The molecule has 0 unspecified atom stereocenters. The Balaban J connectivity index is 1.32. The van der Waals surface area contributed by atoms with E-state index < -0.39 is 6.04 Å². The van der Waals surface area contributed by atoms with E-state index >= 15 is 0 Å². The van der Waals surface area contributed by atoms with Crippen molar-refractivity contribution >= 4 is 23.2 Å². The number of piperidine rings is 1. The van der Waals surface area contributed by atoms with Crippen molar-refractivity contribution in [1.29, 1.82) is 0 Å². The average molecular weight is 460 g/mol. The smallest absolute Gasteiger partial charge is 0.254 e. The number of carbonyl (C=O) groups is 3. The van der Waals surface area contributed by atoms with E-state index in [-0.39, 0.29) is 30.6 Å². The summed E-state index contributed by atoms with van der Waals surface area (Å²) in [6.07, 6.45) is 3.96. The average Bonchev–Trinajstić information content (AvgIpc) is 3.43. The SMILES string of the molecule is O=C1CC(N2Cc3cc(-c4cc(CN5CCOCC5)cc5cncn45)ccc3C2=O)CC(=O)N1. The lowest BCUT2D eigenvalue weighted by atomic mass is 10.0. The number of imidazole rings is 1. The van der Waals surface area contributed by atoms with Gasteiger partial charge in [0.1, 0.15) is 0 Å². The summed E-state index contributed by atoms with van der Waals surface area (Å²) in [5.74, 6) is -0.779. The summed E-state index contributed by atoms with van der Waals surface area (Å²) in [5.41, 5.74) is 5.78. The molecule has 0 spiro atoms. The van der Waals surface area contributed by atoms with Gasteiger partial charge in [-0.25, -0.2) is 4.98 Å². The molecule has 3 aliphatic rings. The summed E-state index contributed by atoms with van der Waals surface area (Å²) in [4.78, 5) is 45.1. The van der Waals surface area contributed by atoms with Gasteiger partial charge < -0.3 is 9.64 Å². The van der Waals surface area contributed by atoms with Crippen LogP contribution in [0.25, 0.3) is 16.8 Å². The van der Waals surface area contributed by atoms with Crippen molar-refractivity contribution in [1.82, 2.24) is 24.5 Å². The number of amides is 3. The predicted molar refractivity (Wildman–Crippen MR) is 123 cm³/mol. The highest BCUT2D eigenvalue weighted by Crippen LogP contribution is 2.32. The minimum Gasteiger partial charge on any atom is -0.379 e. The molecule has 5 heterocycles. The first-order valence-electron chi connectivity index (χ1n) is 11.6. The highest BCUT2D eigenvalue weighted by Gasteiger charge is 2.37. The normalized spacial score (nSPS) is 19.6. The predicted octanol–water partition coefficient (Wildman–Crippen LogP) is 1.59. The summed E-state index contributed by atoms with van der Waals surface area (Å²) in [5, 5.41) is 2.31. The maximum Gasteiger partial charge on any atom is 0.254 e. The van der Waals surface area contributed by atoms with Crippen molar-refractivity contribution in [3.05, 3.63) is 59.5 Å². The minimum absolute atomic E-state index is 0.122. The van der Waals surface area contributed by atoms with Gasteiger partial charge in [-0.05, 0) is 41.0 Å². The van der Waals surface area contributed by atoms with Crippen LogP contribution in [0, 0.1) is 0 Å². The Morgan fingerprint density at radius 1 is 1.03 bits per heavy atom. The zero-order valence-electron chi connectivity index (χ0n) is 18.7. The molecule has 0 aliphatic carbocycles. The molecule has 9 heteroatoms. The van der Waals surface area contributed by atoms with Crippen molar-refractivity contribution in [2.75, 3.05) is 26.3 Å². The lowest BCUT2D eigenvalue weighted by Gasteiger charge is -2.29. The zero-order chi connectivity index (χ0) is 23.2. The van der Waals surface area contributed by atoms with Crippen molar-refractivity contribution < 1.29 is 19.1 Å². The highest BCUT2D eigenvalue weighted by molar-refractivity contribution is 6.02. The number of nitrogens with zero attached hydrogens (tertiary/aromatic N) is 4. The van der Waals surface area contributed by atoms with Crippen molar-refractivity contribution in [2.24, 2.45) is 0 Å². The van der Waals surface area contributed by atoms with Crippen LogP contribution in [0.1, 0.15) is 34.3 Å². The van der Waals surface area contributed by atoms with Crippen LogP contribution in [-0.2, 0) is 27.4 Å². The van der Waals surface area contributed by atoms with Crippen LogP contribution in [-0.4, -0.2) is 69.3 Å². The minimum atomic E-state index is -0.401. The number of benzene rings is 1. The third kappa shape index (κ3) is 3.76. The Hall–Kier alpha value is -3.56. The standard InChI is InChI=1S/C25H25N5O4/c31-23-10-19(11-24(32)27-23)29-14-18-9-17(1-2-21(18)25(29)33)22-8-16(7-20-12-26-15-30(20)22)13-28-3-5-34-6-4-28/h1-2,7-9,12,15,19H,3-6,10-11,13-14H2,(H,27,31,32). The summed E-state index contributed by atoms with van der Waals surface area (Å²) >= 11 is 0. The molecule has 174 valence electrons. The zero-order valence-corrected chi connectivity index (χ0v) is 18.7. The lowest BCUT2D eigenvalue weighted by molar-refractivity contribution is -0.135. The highest BCUT2D eigenvalue weighted by atomic mass is 16.5. The molecule has 2 saturated heterocycles. The monoisotopic (exact) mass is 459 g/mol. The number of nitrogens with one attached hydrogen (secondary N) is 1. The van der Waals surface area contributed by atoms with E-state index in [0.29, 0.717) is 12.1 Å². The summed E-state index contributed by atoms with van der Waals surface area (Å²) in [7, 11) is 0. The van der Waals surface area contributed by atoms with Crippen LogP contribution in [0.15, 0.2) is 42.9 Å². The maximum atomic E-state index is 13.1. The van der Waals surface area contributed by atoms with Gasteiger partial charge in [0.2, 0.25) is 11.8 Å². The third-order valence-electron chi connectivity index (χ3n) is 6.89. The van der Waals surface area contributed by atoms with E-state index in [4.69, 9.17) is 4.74 Å². The van der Waals surface area contributed by atoms with Gasteiger partial charge in [-0.15, -0.1) is 0 Å².